The molecule has 20 heavy (non-hydrogen) atoms. The summed E-state index contributed by atoms with van der Waals surface area (Å²) in [5.74, 6) is -0.722. The van der Waals surface area contributed by atoms with Gasteiger partial charge in [-0.1, -0.05) is 0 Å². The third kappa shape index (κ3) is 3.19. The molecule has 8 nitrogen and oxygen atoms in total. The first-order valence-electron chi connectivity index (χ1n) is 6.63. The molecule has 3 amide bonds. The van der Waals surface area contributed by atoms with Gasteiger partial charge in [0.05, 0.1) is 13.2 Å². The molecule has 2 fully saturated rings. The maximum atomic E-state index is 11.7. The number of fused-ring (bicyclic) bond motifs is 1. The Kier molecular flexibility index (Phi) is 4.43. The predicted octanol–water partition coefficient (Wildman–Crippen LogP) is -1.63. The van der Waals surface area contributed by atoms with E-state index in [2.05, 4.69) is 15.5 Å². The smallest absolute Gasteiger partial charge is 0.329 e. The minimum Gasteiger partial charge on any atom is -0.467 e. The fourth-order valence-corrected chi connectivity index (χ4v) is 2.66. The number of rotatable bonds is 4. The summed E-state index contributed by atoms with van der Waals surface area (Å²) in [6.07, 6.45) is 0. The summed E-state index contributed by atoms with van der Waals surface area (Å²) in [5.41, 5.74) is 0. The topological polar surface area (TPSA) is 91.0 Å². The summed E-state index contributed by atoms with van der Waals surface area (Å²) < 4.78 is 4.70. The number of nitrogens with one attached hydrogen (secondary N) is 2. The molecule has 2 saturated heterocycles. The number of ether oxygens (including phenoxy) is 1. The number of urea groups is 1. The molecule has 2 unspecified atom stereocenters. The van der Waals surface area contributed by atoms with Crippen molar-refractivity contribution in [2.75, 3.05) is 39.8 Å². The fourth-order valence-electron chi connectivity index (χ4n) is 2.66. The second-order valence-electron chi connectivity index (χ2n) is 5.07. The zero-order valence-corrected chi connectivity index (χ0v) is 11.7. The number of hydrogen-bond acceptors (Lipinski definition) is 5. The second-order valence-corrected chi connectivity index (χ2v) is 5.07. The maximum Gasteiger partial charge on any atom is 0.329 e. The van der Waals surface area contributed by atoms with Crippen molar-refractivity contribution in [1.82, 2.24) is 20.4 Å². The van der Waals surface area contributed by atoms with E-state index in [4.69, 9.17) is 4.74 Å². The molecule has 2 aliphatic rings. The Balaban J connectivity index is 1.92. The monoisotopic (exact) mass is 284 g/mol. The molecule has 0 aromatic heterocycles. The molecule has 8 heteroatoms. The Morgan fingerprint density at radius 2 is 2.25 bits per heavy atom. The average molecular weight is 284 g/mol. The van der Waals surface area contributed by atoms with Crippen LogP contribution in [0.2, 0.25) is 0 Å². The van der Waals surface area contributed by atoms with E-state index in [0.717, 1.165) is 0 Å². The molecule has 112 valence electrons. The molecule has 2 atom stereocenters. The number of methoxy groups -OCH3 is 1. The predicted molar refractivity (Wildman–Crippen MR) is 70.0 cm³/mol. The van der Waals surface area contributed by atoms with E-state index < -0.39 is 12.0 Å². The van der Waals surface area contributed by atoms with E-state index in [1.807, 2.05) is 4.90 Å². The molecule has 0 aliphatic carbocycles. The van der Waals surface area contributed by atoms with Crippen LogP contribution in [0.4, 0.5) is 4.79 Å². The van der Waals surface area contributed by atoms with Gasteiger partial charge in [0.15, 0.2) is 0 Å². The van der Waals surface area contributed by atoms with Crippen LogP contribution in [0.1, 0.15) is 6.92 Å². The van der Waals surface area contributed by atoms with Crippen molar-refractivity contribution in [2.45, 2.75) is 19.0 Å². The van der Waals surface area contributed by atoms with Crippen LogP contribution in [0.25, 0.3) is 0 Å². The van der Waals surface area contributed by atoms with Gasteiger partial charge in [-0.15, -0.1) is 0 Å². The van der Waals surface area contributed by atoms with Crippen LogP contribution in [-0.2, 0) is 14.3 Å². The Bertz CT molecular complexity index is 414. The average Bonchev–Trinajstić information content (AvgIpc) is 2.78. The van der Waals surface area contributed by atoms with Gasteiger partial charge in [-0.2, -0.15) is 0 Å². The third-order valence-corrected chi connectivity index (χ3v) is 3.62. The number of esters is 1. The first-order valence-corrected chi connectivity index (χ1v) is 6.63. The van der Waals surface area contributed by atoms with Gasteiger partial charge in [0.2, 0.25) is 5.91 Å². The van der Waals surface area contributed by atoms with E-state index >= 15 is 0 Å². The van der Waals surface area contributed by atoms with Gasteiger partial charge in [0, 0.05) is 39.6 Å². The fraction of sp³-hybridized carbons (Fsp3) is 0.750. The molecule has 0 bridgehead atoms. The molecular weight excluding hydrogens is 264 g/mol. The lowest BCUT2D eigenvalue weighted by molar-refractivity contribution is -0.145. The van der Waals surface area contributed by atoms with Crippen LogP contribution in [0.3, 0.4) is 0 Å². The Morgan fingerprint density at radius 1 is 1.50 bits per heavy atom. The van der Waals surface area contributed by atoms with Crippen molar-refractivity contribution in [3.8, 4) is 0 Å². The van der Waals surface area contributed by atoms with Crippen LogP contribution >= 0.6 is 0 Å². The van der Waals surface area contributed by atoms with E-state index in [-0.39, 0.29) is 18.0 Å². The van der Waals surface area contributed by atoms with Gasteiger partial charge < -0.3 is 20.3 Å². The van der Waals surface area contributed by atoms with E-state index in [9.17, 15) is 14.4 Å². The molecule has 2 heterocycles. The summed E-state index contributed by atoms with van der Waals surface area (Å²) in [6, 6.07) is -0.568. The Labute approximate surface area is 117 Å². The van der Waals surface area contributed by atoms with Gasteiger partial charge in [-0.05, 0) is 0 Å². The number of carbonyl (C=O) groups is 3. The van der Waals surface area contributed by atoms with Gasteiger partial charge in [-0.3, -0.25) is 9.69 Å². The standard InChI is InChI=1S/C12H20N4O4/c1-8(17)14-10(11(18)20-2)7-15-3-4-16-9(6-15)5-13-12(16)19/h9-10H,3-7H2,1-2H3,(H,13,19)(H,14,17). The van der Waals surface area contributed by atoms with Crippen LogP contribution in [-0.4, -0.2) is 79.6 Å². The first kappa shape index (κ1) is 14.6. The van der Waals surface area contributed by atoms with Crippen molar-refractivity contribution in [2.24, 2.45) is 0 Å². The van der Waals surface area contributed by atoms with E-state index in [1.165, 1.54) is 14.0 Å². The highest BCUT2D eigenvalue weighted by atomic mass is 16.5. The Hall–Kier alpha value is -1.83. The summed E-state index contributed by atoms with van der Waals surface area (Å²) in [4.78, 5) is 38.2. The molecule has 2 rings (SSSR count). The maximum absolute atomic E-state index is 11.7. The molecule has 2 N–H and O–H groups in total. The van der Waals surface area contributed by atoms with E-state index in [1.54, 1.807) is 0 Å². The molecule has 0 saturated carbocycles. The molecular formula is C12H20N4O4. The van der Waals surface area contributed by atoms with Gasteiger partial charge in [0.1, 0.15) is 6.04 Å². The number of carbonyl (C=O) groups excluding carboxylic acids is 3. The van der Waals surface area contributed by atoms with Crippen molar-refractivity contribution in [3.05, 3.63) is 0 Å². The number of amides is 3. The molecule has 0 aromatic rings. The molecule has 2 aliphatic heterocycles. The van der Waals surface area contributed by atoms with Crippen molar-refractivity contribution < 1.29 is 19.1 Å². The summed E-state index contributed by atoms with van der Waals surface area (Å²) in [6.45, 7) is 4.38. The molecule has 0 radical (unpaired) electrons. The normalized spacial score (nSPS) is 23.8. The minimum absolute atomic E-state index is 0.0268. The van der Waals surface area contributed by atoms with Crippen molar-refractivity contribution in [3.63, 3.8) is 0 Å². The van der Waals surface area contributed by atoms with Crippen LogP contribution in [0.15, 0.2) is 0 Å². The quantitative estimate of drug-likeness (QED) is 0.605. The van der Waals surface area contributed by atoms with Gasteiger partial charge in [0.25, 0.3) is 0 Å². The number of piperazine rings is 1. The summed E-state index contributed by atoms with van der Waals surface area (Å²) in [5, 5.41) is 5.40. The summed E-state index contributed by atoms with van der Waals surface area (Å²) >= 11 is 0. The Morgan fingerprint density at radius 3 is 2.90 bits per heavy atom. The van der Waals surface area contributed by atoms with E-state index in [0.29, 0.717) is 32.7 Å². The zero-order valence-electron chi connectivity index (χ0n) is 11.7. The lowest BCUT2D eigenvalue weighted by Gasteiger charge is -2.37. The molecule has 0 aromatic carbocycles. The van der Waals surface area contributed by atoms with Crippen molar-refractivity contribution >= 4 is 17.9 Å². The molecule has 0 spiro atoms. The SMILES string of the molecule is COC(=O)C(CN1CCN2C(=O)NCC2C1)NC(C)=O. The zero-order chi connectivity index (χ0) is 14.7. The van der Waals surface area contributed by atoms with Gasteiger partial charge in [-0.25, -0.2) is 9.59 Å². The number of nitrogens with zero attached hydrogens (tertiary/aromatic N) is 2. The lowest BCUT2D eigenvalue weighted by Crippen LogP contribution is -2.56. The highest BCUT2D eigenvalue weighted by Crippen LogP contribution is 2.14. The van der Waals surface area contributed by atoms with Crippen molar-refractivity contribution in [1.29, 1.82) is 0 Å². The first-order chi connectivity index (χ1) is 9.51. The number of hydrogen-bond donors (Lipinski definition) is 2. The van der Waals surface area contributed by atoms with Crippen LogP contribution in [0.5, 0.6) is 0 Å². The summed E-state index contributed by atoms with van der Waals surface area (Å²) in [7, 11) is 1.30. The largest absolute Gasteiger partial charge is 0.467 e. The second kappa shape index (κ2) is 6.08. The van der Waals surface area contributed by atoms with Crippen LogP contribution < -0.4 is 10.6 Å². The third-order valence-electron chi connectivity index (χ3n) is 3.62. The lowest BCUT2D eigenvalue weighted by atomic mass is 10.1. The van der Waals surface area contributed by atoms with Gasteiger partial charge >= 0.3 is 12.0 Å². The minimum atomic E-state index is -0.672. The van der Waals surface area contributed by atoms with Crippen LogP contribution in [0, 0.1) is 0 Å². The highest BCUT2D eigenvalue weighted by molar-refractivity contribution is 5.83. The highest BCUT2D eigenvalue weighted by Gasteiger charge is 2.36.